The van der Waals surface area contributed by atoms with E-state index in [-0.39, 0.29) is 23.3 Å². The van der Waals surface area contributed by atoms with Gasteiger partial charge in [-0.1, -0.05) is 6.92 Å². The van der Waals surface area contributed by atoms with Crippen molar-refractivity contribution in [2.24, 2.45) is 11.7 Å². The van der Waals surface area contributed by atoms with Gasteiger partial charge in [0.1, 0.15) is 5.75 Å². The lowest BCUT2D eigenvalue weighted by molar-refractivity contribution is 0.317. The molecule has 0 bridgehead atoms. The number of rotatable bonds is 8. The molecule has 0 saturated heterocycles. The van der Waals surface area contributed by atoms with Gasteiger partial charge in [-0.25, -0.2) is 13.1 Å². The summed E-state index contributed by atoms with van der Waals surface area (Å²) >= 11 is 0. The zero-order chi connectivity index (χ0) is 14.6. The molecule has 2 rings (SSSR count). The second-order valence-electron chi connectivity index (χ2n) is 5.12. The third kappa shape index (κ3) is 5.14. The molecule has 0 aliphatic heterocycles. The molecule has 0 spiro atoms. The van der Waals surface area contributed by atoms with E-state index in [1.807, 2.05) is 6.92 Å². The van der Waals surface area contributed by atoms with Gasteiger partial charge in [0.2, 0.25) is 10.0 Å². The summed E-state index contributed by atoms with van der Waals surface area (Å²) in [4.78, 5) is 0.250. The van der Waals surface area contributed by atoms with E-state index in [0.717, 1.165) is 19.3 Å². The van der Waals surface area contributed by atoms with Gasteiger partial charge < -0.3 is 10.5 Å². The van der Waals surface area contributed by atoms with Gasteiger partial charge in [-0.15, -0.1) is 12.4 Å². The van der Waals surface area contributed by atoms with Crippen molar-refractivity contribution in [1.29, 1.82) is 0 Å². The Morgan fingerprint density at radius 1 is 1.33 bits per heavy atom. The Morgan fingerprint density at radius 3 is 2.43 bits per heavy atom. The number of hydrogen-bond acceptors (Lipinski definition) is 4. The Hall–Kier alpha value is -0.820. The molecule has 21 heavy (non-hydrogen) atoms. The molecule has 0 amide bonds. The minimum absolute atomic E-state index is 0. The van der Waals surface area contributed by atoms with Crippen molar-refractivity contribution < 1.29 is 13.2 Å². The van der Waals surface area contributed by atoms with Crippen molar-refractivity contribution in [3.63, 3.8) is 0 Å². The van der Waals surface area contributed by atoms with Gasteiger partial charge in [0.15, 0.2) is 0 Å². The second kappa shape index (κ2) is 7.98. The van der Waals surface area contributed by atoms with Crippen LogP contribution in [0.15, 0.2) is 29.2 Å². The van der Waals surface area contributed by atoms with E-state index in [0.29, 0.717) is 24.8 Å². The lowest BCUT2D eigenvalue weighted by Crippen LogP contribution is -2.41. The van der Waals surface area contributed by atoms with Gasteiger partial charge in [0, 0.05) is 12.6 Å². The van der Waals surface area contributed by atoms with E-state index < -0.39 is 10.0 Å². The predicted octanol–water partition coefficient (Wildman–Crippen LogP) is 1.91. The Kier molecular flexibility index (Phi) is 6.93. The number of sulfonamides is 1. The molecule has 1 unspecified atom stereocenters. The van der Waals surface area contributed by atoms with Crippen molar-refractivity contribution in [2.75, 3.05) is 13.2 Å². The van der Waals surface area contributed by atoms with Crippen LogP contribution in [0.25, 0.3) is 0 Å². The van der Waals surface area contributed by atoms with Crippen LogP contribution in [0, 0.1) is 5.92 Å². The van der Waals surface area contributed by atoms with Gasteiger partial charge in [0.25, 0.3) is 0 Å². The maximum atomic E-state index is 12.3. The maximum Gasteiger partial charge on any atom is 0.240 e. The van der Waals surface area contributed by atoms with E-state index in [2.05, 4.69) is 4.72 Å². The number of halogens is 1. The molecule has 1 aliphatic rings. The minimum atomic E-state index is -3.50. The average molecular weight is 335 g/mol. The molecule has 1 saturated carbocycles. The van der Waals surface area contributed by atoms with Crippen LogP contribution in [0.2, 0.25) is 0 Å². The molecule has 7 heteroatoms. The summed E-state index contributed by atoms with van der Waals surface area (Å²) in [5, 5.41) is 0. The van der Waals surface area contributed by atoms with E-state index in [4.69, 9.17) is 10.5 Å². The molecular weight excluding hydrogens is 312 g/mol. The van der Waals surface area contributed by atoms with Crippen molar-refractivity contribution in [2.45, 2.75) is 37.1 Å². The fourth-order valence-corrected chi connectivity index (χ4v) is 3.36. The number of ether oxygens (including phenoxy) is 1. The summed E-state index contributed by atoms with van der Waals surface area (Å²) in [5.74, 6) is 1.07. The van der Waals surface area contributed by atoms with Crippen LogP contribution in [-0.4, -0.2) is 27.6 Å². The first-order chi connectivity index (χ1) is 9.56. The molecule has 1 aromatic carbocycles. The van der Waals surface area contributed by atoms with Crippen molar-refractivity contribution >= 4 is 22.4 Å². The number of nitrogens with one attached hydrogen (secondary N) is 1. The van der Waals surface area contributed by atoms with Gasteiger partial charge >= 0.3 is 0 Å². The summed E-state index contributed by atoms with van der Waals surface area (Å²) in [7, 11) is -3.50. The fraction of sp³-hybridized carbons (Fsp3) is 0.571. The molecule has 0 radical (unpaired) electrons. The molecule has 1 aromatic rings. The van der Waals surface area contributed by atoms with Gasteiger partial charge in [-0.2, -0.15) is 0 Å². The Balaban J connectivity index is 0.00000220. The fourth-order valence-electron chi connectivity index (χ4n) is 2.04. The summed E-state index contributed by atoms with van der Waals surface area (Å²) in [6.45, 7) is 2.98. The van der Waals surface area contributed by atoms with Crippen LogP contribution < -0.4 is 15.2 Å². The predicted molar refractivity (Wildman–Crippen MR) is 85.4 cm³/mol. The zero-order valence-electron chi connectivity index (χ0n) is 12.1. The highest BCUT2D eigenvalue weighted by Gasteiger charge is 2.33. The highest BCUT2D eigenvalue weighted by Crippen LogP contribution is 2.33. The Morgan fingerprint density at radius 2 is 1.95 bits per heavy atom. The van der Waals surface area contributed by atoms with Gasteiger partial charge in [-0.05, 0) is 49.4 Å². The quantitative estimate of drug-likeness (QED) is 0.761. The van der Waals surface area contributed by atoms with Crippen molar-refractivity contribution in [3.05, 3.63) is 24.3 Å². The maximum absolute atomic E-state index is 12.3. The van der Waals surface area contributed by atoms with E-state index >= 15 is 0 Å². The first-order valence-corrected chi connectivity index (χ1v) is 8.50. The van der Waals surface area contributed by atoms with Crippen LogP contribution in [0.4, 0.5) is 0 Å². The van der Waals surface area contributed by atoms with E-state index in [1.54, 1.807) is 24.3 Å². The SMILES string of the molecule is CCCOc1ccc(S(=O)(=O)NC(CN)C2CC2)cc1.Cl. The third-order valence-electron chi connectivity index (χ3n) is 3.36. The molecule has 0 heterocycles. The van der Waals surface area contributed by atoms with Crippen LogP contribution in [0.5, 0.6) is 5.75 Å². The molecule has 0 aromatic heterocycles. The summed E-state index contributed by atoms with van der Waals surface area (Å²) in [6, 6.07) is 6.33. The molecule has 5 nitrogen and oxygen atoms in total. The molecule has 1 fully saturated rings. The van der Waals surface area contributed by atoms with E-state index in [9.17, 15) is 8.42 Å². The number of benzene rings is 1. The molecule has 1 atom stereocenters. The Bertz CT molecular complexity index is 530. The summed E-state index contributed by atoms with van der Waals surface area (Å²) < 4.78 is 32.6. The molecular formula is C14H23ClN2O3S. The first kappa shape index (κ1) is 18.2. The first-order valence-electron chi connectivity index (χ1n) is 7.02. The highest BCUT2D eigenvalue weighted by atomic mass is 35.5. The van der Waals surface area contributed by atoms with Crippen LogP contribution in [0.3, 0.4) is 0 Å². The zero-order valence-corrected chi connectivity index (χ0v) is 13.8. The van der Waals surface area contributed by atoms with Crippen LogP contribution >= 0.6 is 12.4 Å². The number of hydrogen-bond donors (Lipinski definition) is 2. The second-order valence-corrected chi connectivity index (χ2v) is 6.83. The van der Waals surface area contributed by atoms with Crippen LogP contribution in [-0.2, 0) is 10.0 Å². The smallest absolute Gasteiger partial charge is 0.240 e. The standard InChI is InChI=1S/C14H22N2O3S.ClH/c1-2-9-19-12-5-7-13(8-6-12)20(17,18)16-14(10-15)11-3-4-11;/h5-8,11,14,16H,2-4,9-10,15H2,1H3;1H. The number of nitrogens with two attached hydrogens (primary N) is 1. The van der Waals surface area contributed by atoms with E-state index in [1.165, 1.54) is 0 Å². The summed E-state index contributed by atoms with van der Waals surface area (Å²) in [6.07, 6.45) is 3.02. The Labute approximate surface area is 132 Å². The highest BCUT2D eigenvalue weighted by molar-refractivity contribution is 7.89. The lowest BCUT2D eigenvalue weighted by atomic mass is 10.2. The molecule has 1 aliphatic carbocycles. The van der Waals surface area contributed by atoms with Gasteiger partial charge in [0.05, 0.1) is 11.5 Å². The monoisotopic (exact) mass is 334 g/mol. The average Bonchev–Trinajstić information content (AvgIpc) is 3.27. The summed E-state index contributed by atoms with van der Waals surface area (Å²) in [5.41, 5.74) is 5.63. The van der Waals surface area contributed by atoms with Crippen molar-refractivity contribution in [1.82, 2.24) is 4.72 Å². The van der Waals surface area contributed by atoms with Crippen LogP contribution in [0.1, 0.15) is 26.2 Å². The molecule has 120 valence electrons. The largest absolute Gasteiger partial charge is 0.494 e. The minimum Gasteiger partial charge on any atom is -0.494 e. The topological polar surface area (TPSA) is 81.4 Å². The molecule has 3 N–H and O–H groups in total. The van der Waals surface area contributed by atoms with Gasteiger partial charge in [-0.3, -0.25) is 0 Å². The lowest BCUT2D eigenvalue weighted by Gasteiger charge is -2.16. The normalized spacial score (nSPS) is 16.1. The third-order valence-corrected chi connectivity index (χ3v) is 4.86. The van der Waals surface area contributed by atoms with Crippen molar-refractivity contribution in [3.8, 4) is 5.75 Å².